The quantitative estimate of drug-likeness (QED) is 0.453. The number of esters is 1. The van der Waals surface area contributed by atoms with Gasteiger partial charge in [-0.3, -0.25) is 0 Å². The molecule has 0 aliphatic heterocycles. The van der Waals surface area contributed by atoms with E-state index in [4.69, 9.17) is 4.74 Å². The van der Waals surface area contributed by atoms with Crippen LogP contribution >= 0.6 is 22.6 Å². The summed E-state index contributed by atoms with van der Waals surface area (Å²) in [5.41, 5.74) is 0.570. The van der Waals surface area contributed by atoms with Crippen LogP contribution in [0.25, 0.3) is 0 Å². The number of rotatable bonds is 1. The predicted molar refractivity (Wildman–Crippen MR) is 64.7 cm³/mol. The zero-order valence-electron chi connectivity index (χ0n) is 9.17. The lowest BCUT2D eigenvalue weighted by atomic mass is 10.2. The Morgan fingerprint density at radius 1 is 1.47 bits per heavy atom. The van der Waals surface area contributed by atoms with Gasteiger partial charge in [0.05, 0.1) is 11.3 Å². The van der Waals surface area contributed by atoms with E-state index in [2.05, 4.69) is 9.97 Å². The first kappa shape index (κ1) is 12.4. The molecule has 0 aliphatic rings. The fourth-order valence-electron chi connectivity index (χ4n) is 0.972. The smallest absolute Gasteiger partial charge is 0.342 e. The third-order valence-corrected chi connectivity index (χ3v) is 2.09. The molecule has 1 aromatic rings. The van der Waals surface area contributed by atoms with E-state index in [1.165, 1.54) is 6.20 Å². The number of halogens is 1. The van der Waals surface area contributed by atoms with E-state index >= 15 is 0 Å². The van der Waals surface area contributed by atoms with Crippen molar-refractivity contribution in [1.82, 2.24) is 9.97 Å². The molecular weight excluding hydrogens is 307 g/mol. The van der Waals surface area contributed by atoms with Crippen molar-refractivity contribution in [3.63, 3.8) is 0 Å². The number of hydrogen-bond donors (Lipinski definition) is 0. The first-order valence-electron chi connectivity index (χ1n) is 4.52. The van der Waals surface area contributed by atoms with Crippen LogP contribution in [-0.2, 0) is 4.74 Å². The van der Waals surface area contributed by atoms with Crippen LogP contribution in [0.5, 0.6) is 0 Å². The van der Waals surface area contributed by atoms with Gasteiger partial charge in [-0.1, -0.05) is 0 Å². The molecule has 0 fully saturated rings. The van der Waals surface area contributed by atoms with Gasteiger partial charge in [-0.2, -0.15) is 0 Å². The minimum Gasteiger partial charge on any atom is -0.456 e. The first-order chi connectivity index (χ1) is 6.79. The van der Waals surface area contributed by atoms with E-state index in [9.17, 15) is 4.79 Å². The van der Waals surface area contributed by atoms with Gasteiger partial charge in [0.15, 0.2) is 3.83 Å². The third kappa shape index (κ3) is 3.73. The molecule has 1 aromatic heterocycles. The molecule has 0 aliphatic carbocycles. The monoisotopic (exact) mass is 320 g/mol. The summed E-state index contributed by atoms with van der Waals surface area (Å²) in [5.74, 6) is -0.378. The maximum absolute atomic E-state index is 11.7. The maximum atomic E-state index is 11.7. The van der Waals surface area contributed by atoms with E-state index in [1.54, 1.807) is 6.92 Å². The Morgan fingerprint density at radius 2 is 2.07 bits per heavy atom. The van der Waals surface area contributed by atoms with Crippen molar-refractivity contribution in [3.8, 4) is 0 Å². The largest absolute Gasteiger partial charge is 0.456 e. The lowest BCUT2D eigenvalue weighted by Gasteiger charge is -2.19. The molecule has 0 saturated heterocycles. The van der Waals surface area contributed by atoms with E-state index in [0.717, 1.165) is 0 Å². The second-order valence-electron chi connectivity index (χ2n) is 4.14. The van der Waals surface area contributed by atoms with Gasteiger partial charge in [-0.05, 0) is 27.7 Å². The zero-order valence-corrected chi connectivity index (χ0v) is 11.3. The van der Waals surface area contributed by atoms with Gasteiger partial charge >= 0.3 is 5.97 Å². The molecule has 82 valence electrons. The average Bonchev–Trinajstić information content (AvgIpc) is 1.99. The van der Waals surface area contributed by atoms with Crippen molar-refractivity contribution in [2.45, 2.75) is 33.3 Å². The summed E-state index contributed by atoms with van der Waals surface area (Å²) < 4.78 is 5.85. The minimum absolute atomic E-state index is 0.378. The number of aromatic nitrogens is 2. The summed E-state index contributed by atoms with van der Waals surface area (Å²) in [6.07, 6.45) is 1.50. The molecule has 0 amide bonds. The van der Waals surface area contributed by atoms with E-state index in [-0.39, 0.29) is 5.97 Å². The van der Waals surface area contributed by atoms with E-state index in [1.807, 2.05) is 43.4 Å². The van der Waals surface area contributed by atoms with Crippen LogP contribution in [0.4, 0.5) is 0 Å². The van der Waals surface area contributed by atoms with Crippen LogP contribution in [-0.4, -0.2) is 21.5 Å². The molecule has 0 unspecified atom stereocenters. The highest BCUT2D eigenvalue weighted by atomic mass is 127. The maximum Gasteiger partial charge on any atom is 0.342 e. The zero-order chi connectivity index (χ0) is 11.6. The van der Waals surface area contributed by atoms with Crippen LogP contribution in [0, 0.1) is 10.8 Å². The Kier molecular flexibility index (Phi) is 3.64. The van der Waals surface area contributed by atoms with Crippen LogP contribution < -0.4 is 0 Å². The van der Waals surface area contributed by atoms with Crippen LogP contribution in [0.1, 0.15) is 36.8 Å². The van der Waals surface area contributed by atoms with Crippen molar-refractivity contribution in [2.75, 3.05) is 0 Å². The topological polar surface area (TPSA) is 52.1 Å². The van der Waals surface area contributed by atoms with Gasteiger partial charge in [-0.25, -0.2) is 14.8 Å². The lowest BCUT2D eigenvalue weighted by Crippen LogP contribution is -2.24. The summed E-state index contributed by atoms with van der Waals surface area (Å²) in [6.45, 7) is 7.25. The highest BCUT2D eigenvalue weighted by Crippen LogP contribution is 2.13. The van der Waals surface area contributed by atoms with Gasteiger partial charge in [0.1, 0.15) is 5.60 Å². The van der Waals surface area contributed by atoms with Crippen molar-refractivity contribution in [1.29, 1.82) is 0 Å². The van der Waals surface area contributed by atoms with Crippen LogP contribution in [0.2, 0.25) is 0 Å². The minimum atomic E-state index is -0.494. The Bertz CT molecular complexity index is 385. The summed E-state index contributed by atoms with van der Waals surface area (Å²) in [6, 6.07) is 0. The summed E-state index contributed by atoms with van der Waals surface area (Å²) in [4.78, 5) is 19.8. The van der Waals surface area contributed by atoms with E-state index in [0.29, 0.717) is 15.1 Å². The van der Waals surface area contributed by atoms with Gasteiger partial charge in [0.2, 0.25) is 0 Å². The predicted octanol–water partition coefficient (Wildman–Crippen LogP) is 2.34. The molecule has 0 aromatic carbocycles. The second-order valence-corrected chi connectivity index (χ2v) is 5.10. The average molecular weight is 320 g/mol. The molecule has 0 bridgehead atoms. The number of carbonyl (C=O) groups is 1. The standard InChI is InChI=1S/C10H13IN2O2/c1-6-7(5-12-9(11)13-6)8(14)15-10(2,3)4/h5H,1-4H3. The number of ether oxygens (including phenoxy) is 1. The molecule has 1 heterocycles. The van der Waals surface area contributed by atoms with Crippen molar-refractivity contribution in [3.05, 3.63) is 21.3 Å². The highest BCUT2D eigenvalue weighted by Gasteiger charge is 2.20. The van der Waals surface area contributed by atoms with Crippen LogP contribution in [0.15, 0.2) is 6.20 Å². The van der Waals surface area contributed by atoms with Gasteiger partial charge < -0.3 is 4.74 Å². The number of nitrogens with zero attached hydrogens (tertiary/aromatic N) is 2. The van der Waals surface area contributed by atoms with Crippen LogP contribution in [0.3, 0.4) is 0 Å². The molecule has 1 rings (SSSR count). The lowest BCUT2D eigenvalue weighted by molar-refractivity contribution is 0.00677. The molecule has 0 atom stereocenters. The molecular formula is C10H13IN2O2. The Hall–Kier alpha value is -0.720. The molecule has 0 N–H and O–H groups in total. The molecule has 15 heavy (non-hydrogen) atoms. The van der Waals surface area contributed by atoms with E-state index < -0.39 is 5.60 Å². The summed E-state index contributed by atoms with van der Waals surface area (Å²) in [5, 5.41) is 0. The fraction of sp³-hybridized carbons (Fsp3) is 0.500. The Morgan fingerprint density at radius 3 is 2.53 bits per heavy atom. The molecule has 0 radical (unpaired) electrons. The fourth-order valence-corrected chi connectivity index (χ4v) is 1.47. The molecule has 0 spiro atoms. The normalized spacial score (nSPS) is 11.3. The Labute approximate surface area is 103 Å². The second kappa shape index (κ2) is 4.42. The molecule has 4 nitrogen and oxygen atoms in total. The van der Waals surface area contributed by atoms with Crippen molar-refractivity contribution in [2.24, 2.45) is 0 Å². The van der Waals surface area contributed by atoms with Gasteiger partial charge in [0, 0.05) is 28.8 Å². The summed E-state index contributed by atoms with van der Waals surface area (Å²) >= 11 is 2.00. The van der Waals surface area contributed by atoms with Crippen molar-refractivity contribution >= 4 is 28.6 Å². The SMILES string of the molecule is Cc1nc(I)ncc1C(=O)OC(C)(C)C. The Balaban J connectivity index is 2.92. The molecule has 5 heteroatoms. The number of aryl methyl sites for hydroxylation is 1. The summed E-state index contributed by atoms with van der Waals surface area (Å²) in [7, 11) is 0. The number of hydrogen-bond acceptors (Lipinski definition) is 4. The first-order valence-corrected chi connectivity index (χ1v) is 5.60. The number of carbonyl (C=O) groups excluding carboxylic acids is 1. The van der Waals surface area contributed by atoms with Crippen molar-refractivity contribution < 1.29 is 9.53 Å². The molecule has 0 saturated carbocycles. The third-order valence-electron chi connectivity index (χ3n) is 1.57. The van der Waals surface area contributed by atoms with Gasteiger partial charge in [-0.15, -0.1) is 0 Å². The highest BCUT2D eigenvalue weighted by molar-refractivity contribution is 14.1. The van der Waals surface area contributed by atoms with Gasteiger partial charge in [0.25, 0.3) is 0 Å².